The lowest BCUT2D eigenvalue weighted by Gasteiger charge is -2.29. The van der Waals surface area contributed by atoms with Gasteiger partial charge in [0.05, 0.1) is 20.1 Å². The van der Waals surface area contributed by atoms with Gasteiger partial charge in [-0.1, -0.05) is 58.5 Å². The number of carbonyl (C=O) groups is 2. The Kier molecular flexibility index (Phi) is 6.87. The highest BCUT2D eigenvalue weighted by Gasteiger charge is 2.48. The summed E-state index contributed by atoms with van der Waals surface area (Å²) in [6.45, 7) is -0.440. The highest BCUT2D eigenvalue weighted by molar-refractivity contribution is 7.93. The van der Waals surface area contributed by atoms with Crippen molar-refractivity contribution in [1.29, 1.82) is 0 Å². The Morgan fingerprint density at radius 2 is 1.00 bits per heavy atom. The standard InChI is InChI=1S/C20H16Cl4N2O6S2/c21-13-3-1-11(7-15(13)23)19-25(17(27)9-33(19,29)30)5-6-26-18(28)10-34(31,32)20(26)12-2-4-14(22)16(24)8-12/h1-4,7-8,19-20H,5-6,9-10H2/t19-,20-/m1/s1. The summed E-state index contributed by atoms with van der Waals surface area (Å²) in [7, 11) is -7.81. The van der Waals surface area contributed by atoms with Crippen LogP contribution in [0.25, 0.3) is 0 Å². The molecule has 0 saturated carbocycles. The van der Waals surface area contributed by atoms with Crippen LogP contribution < -0.4 is 0 Å². The lowest BCUT2D eigenvalue weighted by molar-refractivity contribution is -0.132. The van der Waals surface area contributed by atoms with Crippen molar-refractivity contribution in [2.45, 2.75) is 10.7 Å². The van der Waals surface area contributed by atoms with Gasteiger partial charge >= 0.3 is 0 Å². The van der Waals surface area contributed by atoms with E-state index in [1.807, 2.05) is 0 Å². The number of amides is 2. The van der Waals surface area contributed by atoms with Gasteiger partial charge in [0.1, 0.15) is 11.5 Å². The summed E-state index contributed by atoms with van der Waals surface area (Å²) in [5.41, 5.74) is 0.475. The molecule has 0 unspecified atom stereocenters. The van der Waals surface area contributed by atoms with E-state index in [4.69, 9.17) is 46.4 Å². The van der Waals surface area contributed by atoms with Gasteiger partial charge < -0.3 is 9.80 Å². The van der Waals surface area contributed by atoms with Crippen LogP contribution >= 0.6 is 46.4 Å². The minimum absolute atomic E-state index is 0.120. The van der Waals surface area contributed by atoms with Crippen LogP contribution in [0.2, 0.25) is 20.1 Å². The Morgan fingerprint density at radius 1 is 0.647 bits per heavy atom. The molecule has 0 N–H and O–H groups in total. The third-order valence-corrected chi connectivity index (χ3v) is 10.8. The van der Waals surface area contributed by atoms with E-state index in [0.29, 0.717) is 0 Å². The Labute approximate surface area is 216 Å². The Bertz CT molecular complexity index is 1310. The van der Waals surface area contributed by atoms with Crippen molar-refractivity contribution in [3.8, 4) is 0 Å². The van der Waals surface area contributed by atoms with E-state index < -0.39 is 53.7 Å². The Hall–Kier alpha value is -1.56. The topological polar surface area (TPSA) is 109 Å². The molecule has 2 heterocycles. The Morgan fingerprint density at radius 3 is 1.32 bits per heavy atom. The number of hydrogen-bond acceptors (Lipinski definition) is 6. The molecule has 2 fully saturated rings. The molecular formula is C20H16Cl4N2O6S2. The number of benzene rings is 2. The summed E-state index contributed by atoms with van der Waals surface area (Å²) in [5, 5.41) is -2.00. The molecule has 0 bridgehead atoms. The van der Waals surface area contributed by atoms with Gasteiger partial charge in [0.15, 0.2) is 30.4 Å². The molecule has 0 spiro atoms. The average molecular weight is 586 g/mol. The van der Waals surface area contributed by atoms with Crippen LogP contribution in [0.1, 0.15) is 21.9 Å². The fraction of sp³-hybridized carbons (Fsp3) is 0.300. The van der Waals surface area contributed by atoms with Crippen LogP contribution in [-0.4, -0.2) is 63.0 Å². The van der Waals surface area contributed by atoms with E-state index in [-0.39, 0.29) is 44.3 Å². The molecule has 14 heteroatoms. The monoisotopic (exact) mass is 584 g/mol. The predicted molar refractivity (Wildman–Crippen MR) is 129 cm³/mol. The summed E-state index contributed by atoms with van der Waals surface area (Å²) >= 11 is 23.9. The van der Waals surface area contributed by atoms with Crippen LogP contribution in [0.5, 0.6) is 0 Å². The van der Waals surface area contributed by atoms with Crippen molar-refractivity contribution in [2.75, 3.05) is 24.6 Å². The SMILES string of the molecule is O=C1CS(=O)(=O)[C@H](c2ccc(Cl)c(Cl)c2)N1CCN1C(=O)CS(=O)(=O)[C@@H]1c1ccc(Cl)c(Cl)c1. The molecule has 2 aromatic carbocycles. The van der Waals surface area contributed by atoms with Crippen molar-refractivity contribution in [1.82, 2.24) is 9.80 Å². The maximum Gasteiger partial charge on any atom is 0.239 e. The van der Waals surface area contributed by atoms with Crippen LogP contribution in [0, 0.1) is 0 Å². The van der Waals surface area contributed by atoms with Gasteiger partial charge in [0, 0.05) is 13.1 Å². The maximum atomic E-state index is 12.8. The Balaban J connectivity index is 1.65. The second-order valence-electron chi connectivity index (χ2n) is 7.84. The maximum absolute atomic E-state index is 12.8. The number of rotatable bonds is 5. The first-order valence-electron chi connectivity index (χ1n) is 9.74. The summed E-state index contributed by atoms with van der Waals surface area (Å²) in [6.07, 6.45) is 0. The van der Waals surface area contributed by atoms with E-state index in [0.717, 1.165) is 9.80 Å². The first-order valence-corrected chi connectivity index (χ1v) is 14.7. The quantitative estimate of drug-likeness (QED) is 0.531. The molecule has 8 nitrogen and oxygen atoms in total. The number of nitrogens with zero attached hydrogens (tertiary/aromatic N) is 2. The van der Waals surface area contributed by atoms with Gasteiger partial charge in [-0.25, -0.2) is 16.8 Å². The van der Waals surface area contributed by atoms with E-state index in [1.54, 1.807) is 0 Å². The fourth-order valence-corrected chi connectivity index (χ4v) is 8.42. The molecule has 2 aliphatic rings. The van der Waals surface area contributed by atoms with Gasteiger partial charge in [-0.15, -0.1) is 0 Å². The third-order valence-electron chi connectivity index (χ3n) is 5.58. The number of sulfone groups is 2. The van der Waals surface area contributed by atoms with E-state index in [9.17, 15) is 26.4 Å². The second kappa shape index (κ2) is 9.15. The predicted octanol–water partition coefficient (Wildman–Crippen LogP) is 3.51. The van der Waals surface area contributed by atoms with Gasteiger partial charge in [0.2, 0.25) is 11.8 Å². The lowest BCUT2D eigenvalue weighted by atomic mass is 10.2. The van der Waals surface area contributed by atoms with Crippen molar-refractivity contribution in [2.24, 2.45) is 0 Å². The second-order valence-corrected chi connectivity index (χ2v) is 13.6. The number of hydrogen-bond donors (Lipinski definition) is 0. The van der Waals surface area contributed by atoms with Gasteiger partial charge in [-0.3, -0.25) is 9.59 Å². The van der Waals surface area contributed by atoms with E-state index in [1.165, 1.54) is 36.4 Å². The van der Waals surface area contributed by atoms with Crippen LogP contribution in [0.4, 0.5) is 0 Å². The van der Waals surface area contributed by atoms with Crippen LogP contribution in [-0.2, 0) is 29.3 Å². The van der Waals surface area contributed by atoms with Crippen molar-refractivity contribution in [3.63, 3.8) is 0 Å². The molecular weight excluding hydrogens is 570 g/mol. The first-order chi connectivity index (χ1) is 15.8. The summed E-state index contributed by atoms with van der Waals surface area (Å²) in [4.78, 5) is 27.4. The third kappa shape index (κ3) is 4.64. The highest BCUT2D eigenvalue weighted by atomic mass is 35.5. The van der Waals surface area contributed by atoms with Gasteiger partial charge in [0.25, 0.3) is 0 Å². The van der Waals surface area contributed by atoms with Crippen LogP contribution in [0.15, 0.2) is 36.4 Å². The first kappa shape index (κ1) is 25.5. The summed E-state index contributed by atoms with van der Waals surface area (Å²) in [6, 6.07) is 8.47. The molecule has 2 atom stereocenters. The highest BCUT2D eigenvalue weighted by Crippen LogP contribution is 2.38. The molecule has 0 aliphatic carbocycles. The molecule has 2 aromatic rings. The van der Waals surface area contributed by atoms with Crippen LogP contribution in [0.3, 0.4) is 0 Å². The molecule has 2 aliphatic heterocycles. The number of carbonyl (C=O) groups excluding carboxylic acids is 2. The summed E-state index contributed by atoms with van der Waals surface area (Å²) < 4.78 is 51.0. The number of halogens is 4. The van der Waals surface area contributed by atoms with Gasteiger partial charge in [-0.2, -0.15) is 0 Å². The average Bonchev–Trinajstić information content (AvgIpc) is 3.10. The molecule has 34 heavy (non-hydrogen) atoms. The molecule has 2 amide bonds. The van der Waals surface area contributed by atoms with Crippen molar-refractivity contribution < 1.29 is 26.4 Å². The van der Waals surface area contributed by atoms with Crippen molar-refractivity contribution >= 4 is 77.9 Å². The zero-order chi connectivity index (χ0) is 25.0. The summed E-state index contributed by atoms with van der Waals surface area (Å²) in [5.74, 6) is -2.78. The van der Waals surface area contributed by atoms with E-state index >= 15 is 0 Å². The minimum Gasteiger partial charge on any atom is -0.319 e. The van der Waals surface area contributed by atoms with E-state index in [2.05, 4.69) is 0 Å². The fourth-order valence-electron chi connectivity index (χ4n) is 4.12. The largest absolute Gasteiger partial charge is 0.319 e. The van der Waals surface area contributed by atoms with Crippen molar-refractivity contribution in [3.05, 3.63) is 67.6 Å². The molecule has 0 aromatic heterocycles. The lowest BCUT2D eigenvalue weighted by Crippen LogP contribution is -2.39. The molecule has 4 rings (SSSR count). The molecule has 2 saturated heterocycles. The molecule has 0 radical (unpaired) electrons. The zero-order valence-corrected chi connectivity index (χ0v) is 21.8. The van der Waals surface area contributed by atoms with Gasteiger partial charge in [-0.05, 0) is 35.4 Å². The normalized spacial score (nSPS) is 23.6. The zero-order valence-electron chi connectivity index (χ0n) is 17.1. The minimum atomic E-state index is -3.91. The smallest absolute Gasteiger partial charge is 0.239 e. The molecule has 182 valence electrons.